The number of methoxy groups -OCH3 is 3. The molecule has 4 nitrogen and oxygen atoms in total. The van der Waals surface area contributed by atoms with Crippen LogP contribution >= 0.6 is 0 Å². The molecule has 33 heavy (non-hydrogen) atoms. The Hall–Kier alpha value is -3.92. The smallest absolute Gasteiger partial charge is 0.160 e. The van der Waals surface area contributed by atoms with E-state index in [1.165, 1.54) is 10.8 Å². The highest BCUT2D eigenvalue weighted by molar-refractivity contribution is 5.93. The fraction of sp³-hybridized carbons (Fsp3) is 0.172. The first-order chi connectivity index (χ1) is 16.2. The van der Waals surface area contributed by atoms with Crippen LogP contribution in [-0.2, 0) is 12.0 Å². The largest absolute Gasteiger partial charge is 0.497 e. The van der Waals surface area contributed by atoms with E-state index >= 15 is 0 Å². The Labute approximate surface area is 194 Å². The van der Waals surface area contributed by atoms with E-state index in [0.717, 1.165) is 39.7 Å². The number of hydrogen-bond donors (Lipinski definition) is 0. The maximum Gasteiger partial charge on any atom is 0.160 e. The van der Waals surface area contributed by atoms with Gasteiger partial charge >= 0.3 is 0 Å². The molecule has 0 bridgehead atoms. The number of fused-ring (bicyclic) bond motifs is 3. The van der Waals surface area contributed by atoms with Crippen molar-refractivity contribution < 1.29 is 18.9 Å². The molecular weight excluding hydrogens is 412 g/mol. The highest BCUT2D eigenvalue weighted by Gasteiger charge is 2.38. The minimum absolute atomic E-state index is 0.627. The first-order valence-corrected chi connectivity index (χ1v) is 10.9. The van der Waals surface area contributed by atoms with Crippen LogP contribution in [0.1, 0.15) is 16.7 Å². The molecule has 0 saturated carbocycles. The Morgan fingerprint density at radius 2 is 1.52 bits per heavy atom. The van der Waals surface area contributed by atoms with Gasteiger partial charge in [-0.15, -0.1) is 0 Å². The molecule has 1 aliphatic rings. The van der Waals surface area contributed by atoms with Crippen molar-refractivity contribution in [3.63, 3.8) is 0 Å². The molecule has 0 aromatic heterocycles. The quantitative estimate of drug-likeness (QED) is 0.349. The lowest BCUT2D eigenvalue weighted by Crippen LogP contribution is -2.35. The van der Waals surface area contributed by atoms with Gasteiger partial charge in [-0.05, 0) is 52.7 Å². The summed E-state index contributed by atoms with van der Waals surface area (Å²) in [7, 11) is 5.00. The van der Waals surface area contributed by atoms with Gasteiger partial charge in [-0.1, -0.05) is 48.5 Å². The Balaban J connectivity index is 1.66. The molecule has 5 rings (SSSR count). The van der Waals surface area contributed by atoms with Crippen LogP contribution in [-0.4, -0.2) is 21.3 Å². The van der Waals surface area contributed by atoms with Crippen LogP contribution in [0.4, 0.5) is 0 Å². The molecule has 1 atom stereocenters. The molecule has 0 amide bonds. The fourth-order valence-corrected chi connectivity index (χ4v) is 4.51. The summed E-state index contributed by atoms with van der Waals surface area (Å²) in [6, 6.07) is 26.5. The van der Waals surface area contributed by atoms with Crippen LogP contribution in [0.5, 0.6) is 23.0 Å². The molecule has 4 aromatic rings. The second-order valence-corrected chi connectivity index (χ2v) is 8.11. The lowest BCUT2D eigenvalue weighted by Gasteiger charge is -2.37. The monoisotopic (exact) mass is 438 g/mol. The van der Waals surface area contributed by atoms with E-state index in [1.807, 2.05) is 30.3 Å². The molecule has 0 N–H and O–H groups in total. The Morgan fingerprint density at radius 3 is 2.27 bits per heavy atom. The summed E-state index contributed by atoms with van der Waals surface area (Å²) in [6.07, 6.45) is 4.95. The van der Waals surface area contributed by atoms with Crippen LogP contribution < -0.4 is 18.9 Å². The molecule has 0 fully saturated rings. The highest BCUT2D eigenvalue weighted by Crippen LogP contribution is 2.45. The van der Waals surface area contributed by atoms with Crippen molar-refractivity contribution in [3.8, 4) is 23.0 Å². The fourth-order valence-electron chi connectivity index (χ4n) is 4.51. The van der Waals surface area contributed by atoms with Crippen molar-refractivity contribution in [3.05, 3.63) is 102 Å². The standard InChI is InChI=1S/C29H26O4/c1-30-22-11-8-20(9-12-22)19-29(26-14-13-23(31-2)18-28(26)32-3)17-16-25-24-7-5-4-6-21(24)10-15-27(25)33-29/h4-18H,19H2,1-3H3. The zero-order valence-electron chi connectivity index (χ0n) is 19.0. The van der Waals surface area contributed by atoms with E-state index in [4.69, 9.17) is 18.9 Å². The van der Waals surface area contributed by atoms with E-state index in [2.05, 4.69) is 60.7 Å². The van der Waals surface area contributed by atoms with Gasteiger partial charge in [-0.25, -0.2) is 0 Å². The van der Waals surface area contributed by atoms with Gasteiger partial charge in [-0.3, -0.25) is 0 Å². The summed E-state index contributed by atoms with van der Waals surface area (Å²) in [5.74, 6) is 3.13. The average molecular weight is 439 g/mol. The maximum absolute atomic E-state index is 6.85. The Kier molecular flexibility index (Phi) is 5.43. The van der Waals surface area contributed by atoms with Crippen molar-refractivity contribution in [1.29, 1.82) is 0 Å². The molecule has 0 saturated heterocycles. The summed E-state index contributed by atoms with van der Waals surface area (Å²) < 4.78 is 23.4. The second kappa shape index (κ2) is 8.55. The highest BCUT2D eigenvalue weighted by atomic mass is 16.5. The van der Waals surface area contributed by atoms with Gasteiger partial charge in [0.1, 0.15) is 23.0 Å². The third-order valence-electron chi connectivity index (χ3n) is 6.23. The lowest BCUT2D eigenvalue weighted by atomic mass is 9.83. The Bertz CT molecular complexity index is 1320. The average Bonchev–Trinajstić information content (AvgIpc) is 2.88. The maximum atomic E-state index is 6.85. The van der Waals surface area contributed by atoms with Crippen LogP contribution in [0.25, 0.3) is 16.8 Å². The van der Waals surface area contributed by atoms with Crippen LogP contribution in [0, 0.1) is 0 Å². The van der Waals surface area contributed by atoms with Gasteiger partial charge in [0.2, 0.25) is 0 Å². The summed E-state index contributed by atoms with van der Waals surface area (Å²) in [6.45, 7) is 0. The number of ether oxygens (including phenoxy) is 4. The normalized spacial score (nSPS) is 16.7. The van der Waals surface area contributed by atoms with Gasteiger partial charge in [0.15, 0.2) is 5.60 Å². The van der Waals surface area contributed by atoms with Gasteiger partial charge < -0.3 is 18.9 Å². The van der Waals surface area contributed by atoms with Gasteiger partial charge in [0, 0.05) is 23.6 Å². The zero-order chi connectivity index (χ0) is 22.8. The first kappa shape index (κ1) is 21.0. The van der Waals surface area contributed by atoms with Crippen LogP contribution in [0.15, 0.2) is 84.9 Å². The molecule has 0 radical (unpaired) electrons. The van der Waals surface area contributed by atoms with E-state index in [-0.39, 0.29) is 0 Å². The summed E-state index contributed by atoms with van der Waals surface area (Å²) in [4.78, 5) is 0. The molecule has 4 heteroatoms. The molecule has 166 valence electrons. The van der Waals surface area contributed by atoms with Gasteiger partial charge in [-0.2, -0.15) is 0 Å². The first-order valence-electron chi connectivity index (χ1n) is 10.9. The van der Waals surface area contributed by atoms with Crippen LogP contribution in [0.3, 0.4) is 0 Å². The number of hydrogen-bond acceptors (Lipinski definition) is 4. The van der Waals surface area contributed by atoms with Crippen molar-refractivity contribution in [1.82, 2.24) is 0 Å². The summed E-state index contributed by atoms with van der Waals surface area (Å²) >= 11 is 0. The van der Waals surface area contributed by atoms with E-state index in [1.54, 1.807) is 21.3 Å². The van der Waals surface area contributed by atoms with E-state index in [0.29, 0.717) is 6.42 Å². The molecule has 1 aliphatic heterocycles. The molecule has 0 aliphatic carbocycles. The van der Waals surface area contributed by atoms with E-state index < -0.39 is 5.60 Å². The number of benzene rings is 4. The molecule has 0 spiro atoms. The van der Waals surface area contributed by atoms with Gasteiger partial charge in [0.05, 0.1) is 21.3 Å². The number of rotatable bonds is 6. The predicted molar refractivity (Wildman–Crippen MR) is 132 cm³/mol. The van der Waals surface area contributed by atoms with Crippen molar-refractivity contribution in [2.75, 3.05) is 21.3 Å². The lowest BCUT2D eigenvalue weighted by molar-refractivity contribution is 0.113. The summed E-state index contributed by atoms with van der Waals surface area (Å²) in [5.41, 5.74) is 2.41. The minimum Gasteiger partial charge on any atom is -0.497 e. The van der Waals surface area contributed by atoms with Crippen molar-refractivity contribution in [2.45, 2.75) is 12.0 Å². The molecular formula is C29H26O4. The summed E-state index contributed by atoms with van der Waals surface area (Å²) in [5, 5.41) is 2.36. The van der Waals surface area contributed by atoms with Crippen LogP contribution in [0.2, 0.25) is 0 Å². The molecule has 4 aromatic carbocycles. The second-order valence-electron chi connectivity index (χ2n) is 8.11. The predicted octanol–water partition coefficient (Wildman–Crippen LogP) is 6.41. The molecule has 1 heterocycles. The molecule has 1 unspecified atom stereocenters. The van der Waals surface area contributed by atoms with Crippen molar-refractivity contribution in [2.24, 2.45) is 0 Å². The van der Waals surface area contributed by atoms with Gasteiger partial charge in [0.25, 0.3) is 0 Å². The third kappa shape index (κ3) is 3.78. The third-order valence-corrected chi connectivity index (χ3v) is 6.23. The minimum atomic E-state index is -0.748. The Morgan fingerprint density at radius 1 is 0.758 bits per heavy atom. The zero-order valence-corrected chi connectivity index (χ0v) is 19.0. The van der Waals surface area contributed by atoms with E-state index in [9.17, 15) is 0 Å². The van der Waals surface area contributed by atoms with Crippen molar-refractivity contribution >= 4 is 16.8 Å². The topological polar surface area (TPSA) is 36.9 Å². The SMILES string of the molecule is COc1ccc(CC2(c3ccc(OC)cc3OC)C=Cc3c(ccc4ccccc34)O2)cc1.